The normalized spacial score (nSPS) is 45.8. The third-order valence-corrected chi connectivity index (χ3v) is 3.06. The van der Waals surface area contributed by atoms with E-state index in [1.807, 2.05) is 0 Å². The quantitative estimate of drug-likeness (QED) is 0.199. The number of hydrogen-bond acceptors (Lipinski definition) is 3. The lowest BCUT2D eigenvalue weighted by Crippen LogP contribution is -3.18. The van der Waals surface area contributed by atoms with Crippen LogP contribution in [0.25, 0.3) is 0 Å². The fraction of sp³-hybridized carbons (Fsp3) is 1.00. The van der Waals surface area contributed by atoms with Crippen LogP contribution in [0.3, 0.4) is 0 Å². The van der Waals surface area contributed by atoms with E-state index in [0.29, 0.717) is 13.0 Å². The van der Waals surface area contributed by atoms with Gasteiger partial charge in [-0.15, -0.1) is 0 Å². The van der Waals surface area contributed by atoms with E-state index in [-0.39, 0.29) is 11.0 Å². The van der Waals surface area contributed by atoms with Gasteiger partial charge in [-0.25, -0.2) is 10.4 Å². The van der Waals surface area contributed by atoms with Crippen molar-refractivity contribution >= 4 is 11.6 Å². The summed E-state index contributed by atoms with van der Waals surface area (Å²) in [6.07, 6.45) is 0.429. The molecule has 72 valence electrons. The van der Waals surface area contributed by atoms with Crippen molar-refractivity contribution in [2.45, 2.75) is 24.9 Å². The monoisotopic (exact) mass is 196 g/mol. The van der Waals surface area contributed by atoms with E-state index in [1.165, 1.54) is 0 Å². The molecule has 12 heavy (non-hydrogen) atoms. The lowest BCUT2D eigenvalue weighted by atomic mass is 9.95. The molecule has 0 amide bonds. The molecule has 1 heterocycles. The predicted octanol–water partition coefficient (Wildman–Crippen LogP) is -1.89. The molecule has 1 aliphatic heterocycles. The summed E-state index contributed by atoms with van der Waals surface area (Å²) in [5, 5.41) is 29.6. The van der Waals surface area contributed by atoms with Crippen molar-refractivity contribution in [3.63, 3.8) is 0 Å². The fourth-order valence-corrected chi connectivity index (χ4v) is 1.83. The first-order valence-corrected chi connectivity index (χ1v) is 4.37. The van der Waals surface area contributed by atoms with Gasteiger partial charge in [0.05, 0.1) is 18.9 Å². The van der Waals surface area contributed by atoms with E-state index in [0.717, 1.165) is 0 Å². The maximum Gasteiger partial charge on any atom is 0.171 e. The summed E-state index contributed by atoms with van der Waals surface area (Å²) in [5.74, 6) is -0.245. The molecule has 0 radical (unpaired) electrons. The first-order chi connectivity index (χ1) is 5.54. The molecule has 0 aromatic heterocycles. The zero-order valence-electron chi connectivity index (χ0n) is 6.79. The van der Waals surface area contributed by atoms with Crippen molar-refractivity contribution in [3.05, 3.63) is 10.4 Å². The van der Waals surface area contributed by atoms with Crippen molar-refractivity contribution in [1.82, 2.24) is 0 Å². The summed E-state index contributed by atoms with van der Waals surface area (Å²) in [4.78, 5) is 0. The molecule has 0 bridgehead atoms. The molecule has 3 N–H and O–H groups in total. The minimum Gasteiger partial charge on any atom is -0.633 e. The van der Waals surface area contributed by atoms with Crippen molar-refractivity contribution in [3.8, 4) is 0 Å². The van der Waals surface area contributed by atoms with Gasteiger partial charge in [0, 0.05) is 0 Å². The van der Waals surface area contributed by atoms with Crippen LogP contribution >= 0.6 is 11.6 Å². The Morgan fingerprint density at radius 2 is 2.25 bits per heavy atom. The summed E-state index contributed by atoms with van der Waals surface area (Å²) in [7, 11) is 0. The highest BCUT2D eigenvalue weighted by atomic mass is 35.5. The van der Waals surface area contributed by atoms with Crippen LogP contribution in [0, 0.1) is 16.3 Å². The van der Waals surface area contributed by atoms with E-state index in [1.54, 1.807) is 6.92 Å². The molecule has 0 saturated carbocycles. The van der Waals surface area contributed by atoms with Crippen LogP contribution in [0.1, 0.15) is 13.3 Å². The number of hydroxylamine groups is 4. The average Bonchev–Trinajstić information content (AvgIpc) is 2.00. The van der Waals surface area contributed by atoms with Crippen LogP contribution in [-0.2, 0) is 0 Å². The van der Waals surface area contributed by atoms with Crippen molar-refractivity contribution in [2.24, 2.45) is 5.92 Å². The predicted molar refractivity (Wildman–Crippen MR) is 42.5 cm³/mol. The van der Waals surface area contributed by atoms with Gasteiger partial charge in [0.15, 0.2) is 5.50 Å². The van der Waals surface area contributed by atoms with Gasteiger partial charge in [0.1, 0.15) is 6.04 Å². The molecule has 0 spiro atoms. The Hall–Kier alpha value is 0.0900. The summed E-state index contributed by atoms with van der Waals surface area (Å²) < 4.78 is 0. The Balaban J connectivity index is 2.58. The van der Waals surface area contributed by atoms with Gasteiger partial charge in [0.25, 0.3) is 0 Å². The van der Waals surface area contributed by atoms with Crippen LogP contribution in [0.5, 0.6) is 0 Å². The summed E-state index contributed by atoms with van der Waals surface area (Å²) in [6, 6.07) is -0.454. The second kappa shape index (κ2) is 3.87. The SMILES string of the molecule is CC1C([NH+]([O-])O)CC[NH+]([O-])C1Cl. The molecular weight excluding hydrogens is 184 g/mol. The van der Waals surface area contributed by atoms with Crippen molar-refractivity contribution in [2.75, 3.05) is 6.54 Å². The number of halogens is 1. The van der Waals surface area contributed by atoms with E-state index >= 15 is 0 Å². The Morgan fingerprint density at radius 1 is 1.67 bits per heavy atom. The molecule has 1 rings (SSSR count). The number of quaternary nitrogens is 2. The lowest BCUT2D eigenvalue weighted by Gasteiger charge is -2.41. The van der Waals surface area contributed by atoms with Gasteiger partial charge in [-0.3, -0.25) is 0 Å². The molecule has 0 aromatic rings. The van der Waals surface area contributed by atoms with Gasteiger partial charge in [-0.2, -0.15) is 0 Å². The molecule has 1 fully saturated rings. The Labute approximate surface area is 75.6 Å². The number of nitrogens with one attached hydrogen (secondary N) is 2. The first kappa shape index (κ1) is 10.2. The maximum atomic E-state index is 11.0. The van der Waals surface area contributed by atoms with Gasteiger partial charge in [0.2, 0.25) is 0 Å². The van der Waals surface area contributed by atoms with Crippen LogP contribution in [-0.4, -0.2) is 23.3 Å². The first-order valence-electron chi connectivity index (χ1n) is 3.93. The van der Waals surface area contributed by atoms with Gasteiger partial charge in [-0.1, -0.05) is 11.6 Å². The van der Waals surface area contributed by atoms with Gasteiger partial charge in [-0.05, 0) is 6.92 Å². The second-order valence-electron chi connectivity index (χ2n) is 3.21. The summed E-state index contributed by atoms with van der Waals surface area (Å²) in [6.45, 7) is 2.02. The van der Waals surface area contributed by atoms with Crippen LogP contribution in [0.2, 0.25) is 0 Å². The standard InChI is InChI=1S/C6H13ClN2O3/c1-4-5(9(11)12)2-3-8(10)6(4)7/h4-6,8-9,11H,2-3H2,1H3. The molecule has 6 heteroatoms. The molecule has 1 saturated heterocycles. The number of piperidine rings is 1. The van der Waals surface area contributed by atoms with Crippen molar-refractivity contribution < 1.29 is 15.5 Å². The third-order valence-electron chi connectivity index (χ3n) is 2.42. The van der Waals surface area contributed by atoms with Gasteiger partial charge < -0.3 is 15.5 Å². The van der Waals surface area contributed by atoms with Crippen molar-refractivity contribution in [1.29, 1.82) is 0 Å². The molecular formula is C6H13ClN2O3. The van der Waals surface area contributed by atoms with E-state index < -0.39 is 16.8 Å². The third kappa shape index (κ3) is 1.87. The van der Waals surface area contributed by atoms with E-state index in [4.69, 9.17) is 16.8 Å². The Kier molecular flexibility index (Phi) is 3.28. The summed E-state index contributed by atoms with van der Waals surface area (Å²) >= 11 is 5.74. The number of alkyl halides is 1. The molecule has 5 nitrogen and oxygen atoms in total. The Bertz CT molecular complexity index is 158. The summed E-state index contributed by atoms with van der Waals surface area (Å²) in [5.41, 5.74) is -0.611. The minimum atomic E-state index is -0.847. The zero-order chi connectivity index (χ0) is 9.30. The zero-order valence-corrected chi connectivity index (χ0v) is 7.54. The lowest BCUT2D eigenvalue weighted by molar-refractivity contribution is -1.08. The average molecular weight is 197 g/mol. The largest absolute Gasteiger partial charge is 0.633 e. The molecule has 5 unspecified atom stereocenters. The molecule has 1 aliphatic rings. The highest BCUT2D eigenvalue weighted by Gasteiger charge is 2.38. The number of rotatable bonds is 1. The topological polar surface area (TPSA) is 75.2 Å². The van der Waals surface area contributed by atoms with Crippen LogP contribution < -0.4 is 10.3 Å². The Morgan fingerprint density at radius 3 is 2.75 bits per heavy atom. The van der Waals surface area contributed by atoms with Crippen LogP contribution in [0.4, 0.5) is 0 Å². The van der Waals surface area contributed by atoms with E-state index in [9.17, 15) is 10.4 Å². The molecule has 5 atom stereocenters. The second-order valence-corrected chi connectivity index (χ2v) is 3.68. The van der Waals surface area contributed by atoms with Crippen LogP contribution in [0.15, 0.2) is 0 Å². The highest BCUT2D eigenvalue weighted by Crippen LogP contribution is 2.13. The molecule has 0 aromatic carbocycles. The maximum absolute atomic E-state index is 11.0. The smallest absolute Gasteiger partial charge is 0.171 e. The van der Waals surface area contributed by atoms with Gasteiger partial charge >= 0.3 is 0 Å². The fourth-order valence-electron chi connectivity index (χ4n) is 1.54. The number of hydrogen-bond donors (Lipinski definition) is 3. The minimum absolute atomic E-state index is 0.0262. The highest BCUT2D eigenvalue weighted by molar-refractivity contribution is 6.19. The molecule has 0 aliphatic carbocycles. The van der Waals surface area contributed by atoms with E-state index in [2.05, 4.69) is 0 Å².